The van der Waals surface area contributed by atoms with Crippen LogP contribution in [0.2, 0.25) is 0 Å². The number of allylic oxidation sites excluding steroid dienone is 1. The fourth-order valence-electron chi connectivity index (χ4n) is 1.66. The highest BCUT2D eigenvalue weighted by atomic mass is 32.1. The highest BCUT2D eigenvalue weighted by Crippen LogP contribution is 2.13. The molecule has 2 nitrogen and oxygen atoms in total. The third-order valence-corrected chi connectivity index (χ3v) is 3.07. The summed E-state index contributed by atoms with van der Waals surface area (Å²) < 4.78 is 0. The molecule has 19 heavy (non-hydrogen) atoms. The first-order chi connectivity index (χ1) is 9.24. The summed E-state index contributed by atoms with van der Waals surface area (Å²) in [6, 6.07) is 17.5. The molecule has 0 amide bonds. The topological polar surface area (TPSA) is 34.1 Å². The molecule has 2 aromatic carbocycles. The number of Topliss-reactive ketones (excluding diaryl/α,β-unsaturated/α-hetero) is 1. The van der Waals surface area contributed by atoms with Crippen LogP contribution in [0.4, 0.5) is 0 Å². The Labute approximate surface area is 116 Å². The van der Waals surface area contributed by atoms with Crippen LogP contribution in [0.5, 0.6) is 0 Å². The highest BCUT2D eigenvalue weighted by Gasteiger charge is 2.18. The normalized spacial score (nSPS) is 9.47. The van der Waals surface area contributed by atoms with Crippen molar-refractivity contribution < 1.29 is 9.59 Å². The molecular weight excluding hydrogens is 256 g/mol. The Hall–Kier alpha value is -2.35. The predicted molar refractivity (Wildman–Crippen MR) is 78.1 cm³/mol. The van der Waals surface area contributed by atoms with Crippen LogP contribution in [0.15, 0.2) is 66.2 Å². The third-order valence-electron chi connectivity index (χ3n) is 2.63. The minimum Gasteiger partial charge on any atom is -0.288 e. The molecule has 3 heteroatoms. The molecule has 0 aromatic heterocycles. The monoisotopic (exact) mass is 266 g/mol. The summed E-state index contributed by atoms with van der Waals surface area (Å²) in [7, 11) is 0. The largest absolute Gasteiger partial charge is 0.288 e. The Morgan fingerprint density at radius 1 is 0.842 bits per heavy atom. The molecule has 92 valence electrons. The molecule has 0 radical (unpaired) electrons. The Balaban J connectivity index is 2.35. The van der Waals surface area contributed by atoms with Crippen molar-refractivity contribution in [3.05, 3.63) is 77.4 Å². The number of ketones is 1. The van der Waals surface area contributed by atoms with E-state index in [0.29, 0.717) is 11.1 Å². The summed E-state index contributed by atoms with van der Waals surface area (Å²) in [6.07, 6.45) is 0. The fraction of sp³-hybridized carbons (Fsp3) is 0. The molecule has 0 unspecified atom stereocenters. The maximum atomic E-state index is 12.2. The molecule has 0 heterocycles. The number of carbonyl (C=O) groups is 1. The Morgan fingerprint density at radius 3 is 1.79 bits per heavy atom. The molecule has 0 bridgehead atoms. The van der Waals surface area contributed by atoms with E-state index in [1.54, 1.807) is 60.5 Å². The molecule has 0 N–H and O–H groups in total. The van der Waals surface area contributed by atoms with E-state index in [2.05, 4.69) is 0 Å². The van der Waals surface area contributed by atoms with E-state index in [1.807, 2.05) is 6.07 Å². The molecule has 2 aromatic rings. The zero-order valence-electron chi connectivity index (χ0n) is 10.00. The third kappa shape index (κ3) is 2.91. The van der Waals surface area contributed by atoms with Crippen LogP contribution in [0, 0.1) is 0 Å². The van der Waals surface area contributed by atoms with Gasteiger partial charge in [0.15, 0.2) is 0 Å². The van der Waals surface area contributed by atoms with E-state index in [0.717, 1.165) is 0 Å². The Kier molecular flexibility index (Phi) is 4.14. The van der Waals surface area contributed by atoms with Crippen molar-refractivity contribution in [3.8, 4) is 0 Å². The first kappa shape index (κ1) is 13.1. The summed E-state index contributed by atoms with van der Waals surface area (Å²) in [6.45, 7) is 0. The molecule has 0 spiro atoms. The lowest BCUT2D eigenvalue weighted by Gasteiger charge is -2.05. The van der Waals surface area contributed by atoms with Crippen LogP contribution in [0.3, 0.4) is 0 Å². The van der Waals surface area contributed by atoms with Crippen molar-refractivity contribution in [3.63, 3.8) is 0 Å². The minimum atomic E-state index is -0.399. The zero-order chi connectivity index (χ0) is 13.7. The van der Waals surface area contributed by atoms with Gasteiger partial charge in [-0.1, -0.05) is 72.9 Å². The minimum absolute atomic E-state index is 0.104. The van der Waals surface area contributed by atoms with Gasteiger partial charge in [-0.25, -0.2) is 4.79 Å². The second-order valence-electron chi connectivity index (χ2n) is 3.87. The second kappa shape index (κ2) is 6.01. The SMILES string of the molecule is O=C=C(C(=O)c1ccccc1)C(=S)c1ccccc1. The lowest BCUT2D eigenvalue weighted by molar-refractivity contribution is 0.104. The molecule has 0 aliphatic heterocycles. The van der Waals surface area contributed by atoms with Gasteiger partial charge < -0.3 is 0 Å². The first-order valence-electron chi connectivity index (χ1n) is 5.68. The van der Waals surface area contributed by atoms with Crippen molar-refractivity contribution in [2.45, 2.75) is 0 Å². The predicted octanol–water partition coefficient (Wildman–Crippen LogP) is 3.05. The molecular formula is C16H10O2S. The van der Waals surface area contributed by atoms with Gasteiger partial charge in [0.25, 0.3) is 0 Å². The number of carbonyl (C=O) groups excluding carboxylic acids is 2. The Morgan fingerprint density at radius 2 is 1.32 bits per heavy atom. The van der Waals surface area contributed by atoms with Crippen LogP contribution in [0.25, 0.3) is 0 Å². The lowest BCUT2D eigenvalue weighted by Crippen LogP contribution is -2.13. The number of hydrogen-bond donors (Lipinski definition) is 0. The summed E-state index contributed by atoms with van der Waals surface area (Å²) in [5.74, 6) is 1.28. The standard InChI is InChI=1S/C16H10O2S/c17-11-14(15(18)12-7-3-1-4-8-12)16(19)13-9-5-2-6-10-13/h1-10H. The molecule has 0 fully saturated rings. The summed E-state index contributed by atoms with van der Waals surface area (Å²) in [5.41, 5.74) is 0.992. The summed E-state index contributed by atoms with van der Waals surface area (Å²) in [5, 5.41) is 0. The summed E-state index contributed by atoms with van der Waals surface area (Å²) in [4.78, 5) is 23.5. The average molecular weight is 266 g/mol. The molecule has 0 aliphatic carbocycles. The quantitative estimate of drug-likeness (QED) is 0.369. The van der Waals surface area contributed by atoms with Crippen molar-refractivity contribution in [1.29, 1.82) is 0 Å². The van der Waals surface area contributed by atoms with Gasteiger partial charge in [0.1, 0.15) is 11.5 Å². The smallest absolute Gasteiger partial charge is 0.205 e. The van der Waals surface area contributed by atoms with Crippen molar-refractivity contribution in [1.82, 2.24) is 0 Å². The van der Waals surface area contributed by atoms with Crippen LogP contribution in [-0.4, -0.2) is 16.6 Å². The average Bonchev–Trinajstić information content (AvgIpc) is 2.49. The van der Waals surface area contributed by atoms with Gasteiger partial charge in [0, 0.05) is 5.56 Å². The maximum Gasteiger partial charge on any atom is 0.205 e. The van der Waals surface area contributed by atoms with E-state index < -0.39 is 5.78 Å². The fourth-order valence-corrected chi connectivity index (χ4v) is 1.93. The molecule has 0 saturated carbocycles. The lowest BCUT2D eigenvalue weighted by atomic mass is 9.98. The van der Waals surface area contributed by atoms with Crippen molar-refractivity contribution >= 4 is 28.8 Å². The van der Waals surface area contributed by atoms with E-state index in [9.17, 15) is 9.59 Å². The van der Waals surface area contributed by atoms with E-state index >= 15 is 0 Å². The van der Waals surface area contributed by atoms with Crippen LogP contribution in [-0.2, 0) is 4.79 Å². The van der Waals surface area contributed by atoms with Gasteiger partial charge in [-0.2, -0.15) is 0 Å². The zero-order valence-corrected chi connectivity index (χ0v) is 10.8. The van der Waals surface area contributed by atoms with Gasteiger partial charge in [-0.15, -0.1) is 0 Å². The van der Waals surface area contributed by atoms with E-state index in [1.165, 1.54) is 0 Å². The van der Waals surface area contributed by atoms with Crippen molar-refractivity contribution in [2.24, 2.45) is 0 Å². The highest BCUT2D eigenvalue weighted by molar-refractivity contribution is 7.81. The van der Waals surface area contributed by atoms with Gasteiger partial charge in [0.2, 0.25) is 5.78 Å². The molecule has 2 rings (SSSR count). The van der Waals surface area contributed by atoms with Crippen LogP contribution in [0.1, 0.15) is 15.9 Å². The molecule has 0 aliphatic rings. The van der Waals surface area contributed by atoms with Gasteiger partial charge in [0.05, 0.1) is 4.86 Å². The number of thiocarbonyl (C=S) groups is 1. The number of hydrogen-bond acceptors (Lipinski definition) is 3. The number of rotatable bonds is 4. The van der Waals surface area contributed by atoms with Crippen LogP contribution < -0.4 is 0 Å². The second-order valence-corrected chi connectivity index (χ2v) is 4.28. The summed E-state index contributed by atoms with van der Waals surface area (Å²) >= 11 is 5.20. The van der Waals surface area contributed by atoms with E-state index in [-0.39, 0.29) is 10.4 Å². The first-order valence-corrected chi connectivity index (χ1v) is 6.09. The Bertz CT molecular complexity index is 600. The van der Waals surface area contributed by atoms with Crippen LogP contribution >= 0.6 is 12.2 Å². The maximum absolute atomic E-state index is 12.2. The van der Waals surface area contributed by atoms with Gasteiger partial charge in [-0.05, 0) is 5.56 Å². The van der Waals surface area contributed by atoms with Gasteiger partial charge >= 0.3 is 0 Å². The molecule has 0 atom stereocenters. The van der Waals surface area contributed by atoms with E-state index in [4.69, 9.17) is 12.2 Å². The van der Waals surface area contributed by atoms with Crippen molar-refractivity contribution in [2.75, 3.05) is 0 Å². The van der Waals surface area contributed by atoms with Gasteiger partial charge in [-0.3, -0.25) is 4.79 Å². The number of benzene rings is 2. The molecule has 0 saturated heterocycles.